The second kappa shape index (κ2) is 5.16. The Balaban J connectivity index is 1.57. The molecule has 0 bridgehead atoms. The van der Waals surface area contributed by atoms with E-state index in [1.165, 1.54) is 0 Å². The van der Waals surface area contributed by atoms with Gasteiger partial charge in [0.05, 0.1) is 0 Å². The maximum atomic E-state index is 9.14. The fourth-order valence-corrected chi connectivity index (χ4v) is 2.67. The monoisotopic (exact) mass is 249 g/mol. The van der Waals surface area contributed by atoms with Crippen molar-refractivity contribution < 1.29 is 14.6 Å². The van der Waals surface area contributed by atoms with Crippen LogP contribution in [0.1, 0.15) is 6.42 Å². The molecular formula is C14H19NO3. The van der Waals surface area contributed by atoms with Crippen LogP contribution in [-0.2, 0) is 0 Å². The minimum atomic E-state index is 0.0948. The number of para-hydroxylation sites is 2. The van der Waals surface area contributed by atoms with E-state index in [2.05, 4.69) is 4.90 Å². The van der Waals surface area contributed by atoms with Crippen molar-refractivity contribution in [2.24, 2.45) is 5.92 Å². The third-order valence-electron chi connectivity index (χ3n) is 3.66. The summed E-state index contributed by atoms with van der Waals surface area (Å²) in [5.74, 6) is 2.11. The molecule has 2 atom stereocenters. The molecule has 1 fully saturated rings. The van der Waals surface area contributed by atoms with Gasteiger partial charge in [0.15, 0.2) is 11.5 Å². The van der Waals surface area contributed by atoms with Crippen LogP contribution in [0.15, 0.2) is 24.3 Å². The maximum absolute atomic E-state index is 9.14. The van der Waals surface area contributed by atoms with Crippen LogP contribution >= 0.6 is 0 Å². The Morgan fingerprint density at radius 1 is 1.28 bits per heavy atom. The zero-order valence-electron chi connectivity index (χ0n) is 10.4. The van der Waals surface area contributed by atoms with Crippen LogP contribution in [-0.4, -0.2) is 49.0 Å². The van der Waals surface area contributed by atoms with Crippen LogP contribution in [0.5, 0.6) is 11.5 Å². The van der Waals surface area contributed by atoms with Gasteiger partial charge in [-0.3, -0.25) is 4.90 Å². The summed E-state index contributed by atoms with van der Waals surface area (Å²) in [6, 6.07) is 7.79. The molecule has 0 aliphatic carbocycles. The maximum Gasteiger partial charge on any atom is 0.161 e. The van der Waals surface area contributed by atoms with Gasteiger partial charge in [0.25, 0.3) is 0 Å². The largest absolute Gasteiger partial charge is 0.486 e. The molecule has 2 aliphatic heterocycles. The first kappa shape index (κ1) is 11.8. The van der Waals surface area contributed by atoms with E-state index in [1.807, 2.05) is 24.3 Å². The highest BCUT2D eigenvalue weighted by atomic mass is 16.6. The number of rotatable bonds is 3. The zero-order valence-corrected chi connectivity index (χ0v) is 10.4. The van der Waals surface area contributed by atoms with E-state index in [0.717, 1.165) is 37.6 Å². The van der Waals surface area contributed by atoms with Crippen molar-refractivity contribution in [1.82, 2.24) is 4.90 Å². The lowest BCUT2D eigenvalue weighted by atomic mass is 10.1. The van der Waals surface area contributed by atoms with E-state index in [9.17, 15) is 0 Å². The van der Waals surface area contributed by atoms with Crippen molar-refractivity contribution in [3.63, 3.8) is 0 Å². The molecule has 0 spiro atoms. The van der Waals surface area contributed by atoms with Crippen molar-refractivity contribution >= 4 is 0 Å². The van der Waals surface area contributed by atoms with Gasteiger partial charge in [-0.15, -0.1) is 0 Å². The molecule has 2 aliphatic rings. The SMILES string of the molecule is OCC1CCN(CC2COc3ccccc3O2)C1. The minimum Gasteiger partial charge on any atom is -0.486 e. The number of likely N-dealkylation sites (tertiary alicyclic amines) is 1. The Morgan fingerprint density at radius 2 is 2.11 bits per heavy atom. The summed E-state index contributed by atoms with van der Waals surface area (Å²) >= 11 is 0. The molecule has 2 heterocycles. The molecule has 0 amide bonds. The van der Waals surface area contributed by atoms with Crippen molar-refractivity contribution in [2.75, 3.05) is 32.8 Å². The average Bonchev–Trinajstić information content (AvgIpc) is 2.86. The lowest BCUT2D eigenvalue weighted by molar-refractivity contribution is 0.0632. The number of aliphatic hydroxyl groups excluding tert-OH is 1. The molecule has 18 heavy (non-hydrogen) atoms. The van der Waals surface area contributed by atoms with Gasteiger partial charge in [0.2, 0.25) is 0 Å². The molecule has 1 saturated heterocycles. The number of fused-ring (bicyclic) bond motifs is 1. The number of aliphatic hydroxyl groups is 1. The molecule has 1 N–H and O–H groups in total. The highest BCUT2D eigenvalue weighted by Gasteiger charge is 2.27. The van der Waals surface area contributed by atoms with Gasteiger partial charge in [-0.25, -0.2) is 0 Å². The third kappa shape index (κ3) is 2.44. The molecule has 2 unspecified atom stereocenters. The molecule has 4 heteroatoms. The van der Waals surface area contributed by atoms with E-state index >= 15 is 0 Å². The van der Waals surface area contributed by atoms with Gasteiger partial charge >= 0.3 is 0 Å². The molecule has 1 aromatic carbocycles. The lowest BCUT2D eigenvalue weighted by Crippen LogP contribution is -2.40. The molecule has 0 saturated carbocycles. The van der Waals surface area contributed by atoms with E-state index in [0.29, 0.717) is 19.1 Å². The Bertz CT molecular complexity index is 410. The summed E-state index contributed by atoms with van der Waals surface area (Å²) < 4.78 is 11.6. The Hall–Kier alpha value is -1.26. The number of benzene rings is 1. The van der Waals surface area contributed by atoms with Crippen LogP contribution in [0, 0.1) is 5.92 Å². The molecule has 0 radical (unpaired) electrons. The lowest BCUT2D eigenvalue weighted by Gasteiger charge is -2.29. The van der Waals surface area contributed by atoms with Crippen LogP contribution < -0.4 is 9.47 Å². The van der Waals surface area contributed by atoms with Crippen LogP contribution in [0.3, 0.4) is 0 Å². The average molecular weight is 249 g/mol. The Morgan fingerprint density at radius 3 is 2.89 bits per heavy atom. The summed E-state index contributed by atoms with van der Waals surface area (Å²) in [6.07, 6.45) is 1.18. The summed E-state index contributed by atoms with van der Waals surface area (Å²) in [4.78, 5) is 2.35. The fourth-order valence-electron chi connectivity index (χ4n) is 2.67. The van der Waals surface area contributed by atoms with Gasteiger partial charge in [0, 0.05) is 19.7 Å². The van der Waals surface area contributed by atoms with E-state index < -0.39 is 0 Å². The first-order chi connectivity index (χ1) is 8.85. The Labute approximate surface area is 107 Å². The standard InChI is InChI=1S/C14H19NO3/c16-9-11-5-6-15(7-11)8-12-10-17-13-3-1-2-4-14(13)18-12/h1-4,11-12,16H,5-10H2. The molecule has 1 aromatic rings. The van der Waals surface area contributed by atoms with Crippen molar-refractivity contribution in [2.45, 2.75) is 12.5 Å². The number of nitrogens with zero attached hydrogens (tertiary/aromatic N) is 1. The second-order valence-corrected chi connectivity index (χ2v) is 5.09. The molecule has 98 valence electrons. The summed E-state index contributed by atoms with van der Waals surface area (Å²) in [5.41, 5.74) is 0. The van der Waals surface area contributed by atoms with Crippen LogP contribution in [0.2, 0.25) is 0 Å². The molecular weight excluding hydrogens is 230 g/mol. The topological polar surface area (TPSA) is 41.9 Å². The van der Waals surface area contributed by atoms with Crippen LogP contribution in [0.4, 0.5) is 0 Å². The Kier molecular flexibility index (Phi) is 3.39. The fraction of sp³-hybridized carbons (Fsp3) is 0.571. The summed E-state index contributed by atoms with van der Waals surface area (Å²) in [5, 5.41) is 9.14. The number of ether oxygens (including phenoxy) is 2. The van der Waals surface area contributed by atoms with Gasteiger partial charge in [0.1, 0.15) is 12.7 Å². The smallest absolute Gasteiger partial charge is 0.161 e. The van der Waals surface area contributed by atoms with E-state index in [1.54, 1.807) is 0 Å². The minimum absolute atomic E-state index is 0.0948. The third-order valence-corrected chi connectivity index (χ3v) is 3.66. The predicted molar refractivity (Wildman–Crippen MR) is 68.0 cm³/mol. The molecule has 0 aromatic heterocycles. The molecule has 3 rings (SSSR count). The van der Waals surface area contributed by atoms with Crippen LogP contribution in [0.25, 0.3) is 0 Å². The van der Waals surface area contributed by atoms with Gasteiger partial charge in [-0.05, 0) is 31.0 Å². The van der Waals surface area contributed by atoms with E-state index in [-0.39, 0.29) is 6.10 Å². The zero-order chi connectivity index (χ0) is 12.4. The summed E-state index contributed by atoms with van der Waals surface area (Å²) in [7, 11) is 0. The first-order valence-electron chi connectivity index (χ1n) is 6.57. The first-order valence-corrected chi connectivity index (χ1v) is 6.57. The van der Waals surface area contributed by atoms with Crippen molar-refractivity contribution in [3.05, 3.63) is 24.3 Å². The predicted octanol–water partition coefficient (Wildman–Crippen LogP) is 1.14. The highest BCUT2D eigenvalue weighted by Crippen LogP contribution is 2.31. The normalized spacial score (nSPS) is 27.4. The van der Waals surface area contributed by atoms with E-state index in [4.69, 9.17) is 14.6 Å². The molecule has 4 nitrogen and oxygen atoms in total. The number of hydrogen-bond acceptors (Lipinski definition) is 4. The number of hydrogen-bond donors (Lipinski definition) is 1. The highest BCUT2D eigenvalue weighted by molar-refractivity contribution is 5.40. The van der Waals surface area contributed by atoms with Gasteiger partial charge in [-0.1, -0.05) is 12.1 Å². The van der Waals surface area contributed by atoms with Gasteiger partial charge in [-0.2, -0.15) is 0 Å². The summed E-state index contributed by atoms with van der Waals surface area (Å²) in [6.45, 7) is 3.80. The van der Waals surface area contributed by atoms with Crippen molar-refractivity contribution in [3.8, 4) is 11.5 Å². The van der Waals surface area contributed by atoms with Crippen molar-refractivity contribution in [1.29, 1.82) is 0 Å². The quantitative estimate of drug-likeness (QED) is 0.872. The van der Waals surface area contributed by atoms with Gasteiger partial charge < -0.3 is 14.6 Å². The second-order valence-electron chi connectivity index (χ2n) is 5.09.